The minimum absolute atomic E-state index is 0.284. The summed E-state index contributed by atoms with van der Waals surface area (Å²) in [6.07, 6.45) is 4.12. The summed E-state index contributed by atoms with van der Waals surface area (Å²) in [4.78, 5) is 14.3. The van der Waals surface area contributed by atoms with Gasteiger partial charge in [0.15, 0.2) is 0 Å². The summed E-state index contributed by atoms with van der Waals surface area (Å²) >= 11 is 0. The predicted molar refractivity (Wildman–Crippen MR) is 69.9 cm³/mol. The topological polar surface area (TPSA) is 20.3 Å². The molecule has 2 nitrogen and oxygen atoms in total. The third-order valence-corrected chi connectivity index (χ3v) is 3.73. The molecule has 2 rings (SSSR count). The first-order valence-electron chi connectivity index (χ1n) is 6.52. The molecule has 0 N–H and O–H groups in total. The van der Waals surface area contributed by atoms with Gasteiger partial charge in [0, 0.05) is 12.6 Å². The summed E-state index contributed by atoms with van der Waals surface area (Å²) in [6.45, 7) is 5.17. The highest BCUT2D eigenvalue weighted by atomic mass is 16.2. The fourth-order valence-corrected chi connectivity index (χ4v) is 2.54. The zero-order valence-corrected chi connectivity index (χ0v) is 10.8. The van der Waals surface area contributed by atoms with E-state index in [1.165, 1.54) is 12.0 Å². The van der Waals surface area contributed by atoms with E-state index < -0.39 is 0 Å². The summed E-state index contributed by atoms with van der Waals surface area (Å²) in [5.41, 5.74) is 2.38. The number of benzene rings is 1. The number of hydrogen-bond donors (Lipinski definition) is 0. The third-order valence-electron chi connectivity index (χ3n) is 3.73. The zero-order chi connectivity index (χ0) is 12.3. The van der Waals surface area contributed by atoms with Gasteiger partial charge in [0.05, 0.1) is 6.42 Å². The molecule has 0 radical (unpaired) electrons. The van der Waals surface area contributed by atoms with Gasteiger partial charge in [-0.3, -0.25) is 4.79 Å². The SMILES string of the molecule is Cc1ccccc1CC(=O)N1CCCCC1C. The number of amides is 1. The maximum Gasteiger partial charge on any atom is 0.227 e. The van der Waals surface area contributed by atoms with Crippen LogP contribution in [0.3, 0.4) is 0 Å². The fraction of sp³-hybridized carbons (Fsp3) is 0.533. The minimum Gasteiger partial charge on any atom is -0.340 e. The van der Waals surface area contributed by atoms with E-state index in [0.29, 0.717) is 12.5 Å². The monoisotopic (exact) mass is 231 g/mol. The van der Waals surface area contributed by atoms with Crippen LogP contribution in [0.2, 0.25) is 0 Å². The maximum atomic E-state index is 12.3. The molecule has 17 heavy (non-hydrogen) atoms. The number of piperidine rings is 1. The number of carbonyl (C=O) groups is 1. The highest BCUT2D eigenvalue weighted by Crippen LogP contribution is 2.18. The van der Waals surface area contributed by atoms with Crippen LogP contribution in [-0.2, 0) is 11.2 Å². The van der Waals surface area contributed by atoms with Crippen molar-refractivity contribution in [2.75, 3.05) is 6.54 Å². The summed E-state index contributed by atoms with van der Waals surface area (Å²) in [5.74, 6) is 0.284. The van der Waals surface area contributed by atoms with Crippen molar-refractivity contribution in [3.63, 3.8) is 0 Å². The Hall–Kier alpha value is -1.31. The van der Waals surface area contributed by atoms with Crippen LogP contribution in [0.25, 0.3) is 0 Å². The highest BCUT2D eigenvalue weighted by molar-refractivity contribution is 5.79. The number of nitrogens with zero attached hydrogens (tertiary/aromatic N) is 1. The van der Waals surface area contributed by atoms with Gasteiger partial charge < -0.3 is 4.90 Å². The van der Waals surface area contributed by atoms with Gasteiger partial charge in [0.1, 0.15) is 0 Å². The molecule has 1 unspecified atom stereocenters. The Bertz CT molecular complexity index is 400. The average molecular weight is 231 g/mol. The van der Waals surface area contributed by atoms with E-state index in [-0.39, 0.29) is 5.91 Å². The van der Waals surface area contributed by atoms with Crippen LogP contribution >= 0.6 is 0 Å². The molecule has 0 saturated carbocycles. The molecule has 2 heteroatoms. The van der Waals surface area contributed by atoms with Crippen molar-refractivity contribution >= 4 is 5.91 Å². The van der Waals surface area contributed by atoms with E-state index in [9.17, 15) is 4.79 Å². The molecule has 1 aliphatic heterocycles. The summed E-state index contributed by atoms with van der Waals surface area (Å²) in [6, 6.07) is 8.58. The number of likely N-dealkylation sites (tertiary alicyclic amines) is 1. The Morgan fingerprint density at radius 1 is 1.35 bits per heavy atom. The lowest BCUT2D eigenvalue weighted by Crippen LogP contribution is -2.42. The van der Waals surface area contributed by atoms with Crippen LogP contribution in [-0.4, -0.2) is 23.4 Å². The van der Waals surface area contributed by atoms with Gasteiger partial charge in [-0.1, -0.05) is 24.3 Å². The Balaban J connectivity index is 2.03. The first-order chi connectivity index (χ1) is 8.18. The van der Waals surface area contributed by atoms with E-state index in [1.807, 2.05) is 12.1 Å². The smallest absolute Gasteiger partial charge is 0.227 e. The Kier molecular flexibility index (Phi) is 3.82. The van der Waals surface area contributed by atoms with Crippen molar-refractivity contribution in [3.05, 3.63) is 35.4 Å². The maximum absolute atomic E-state index is 12.3. The number of carbonyl (C=O) groups excluding carboxylic acids is 1. The lowest BCUT2D eigenvalue weighted by molar-refractivity contribution is -0.133. The molecule has 1 aromatic rings. The molecule has 1 aliphatic rings. The molecule has 0 aromatic heterocycles. The van der Waals surface area contributed by atoms with Crippen LogP contribution < -0.4 is 0 Å². The van der Waals surface area contributed by atoms with E-state index in [4.69, 9.17) is 0 Å². The van der Waals surface area contributed by atoms with Crippen molar-refractivity contribution in [2.24, 2.45) is 0 Å². The fourth-order valence-electron chi connectivity index (χ4n) is 2.54. The second kappa shape index (κ2) is 5.35. The van der Waals surface area contributed by atoms with E-state index in [0.717, 1.165) is 24.9 Å². The predicted octanol–water partition coefficient (Wildman–Crippen LogP) is 2.94. The molecule has 1 saturated heterocycles. The summed E-state index contributed by atoms with van der Waals surface area (Å²) < 4.78 is 0. The summed E-state index contributed by atoms with van der Waals surface area (Å²) in [7, 11) is 0. The first-order valence-corrected chi connectivity index (χ1v) is 6.52. The van der Waals surface area contributed by atoms with E-state index in [2.05, 4.69) is 30.9 Å². The molecule has 1 atom stereocenters. The molecule has 0 bridgehead atoms. The standard InChI is InChI=1S/C15H21NO/c1-12-7-3-4-9-14(12)11-15(17)16-10-6-5-8-13(16)2/h3-4,7,9,13H,5-6,8,10-11H2,1-2H3. The normalized spacial score (nSPS) is 20.4. The van der Waals surface area contributed by atoms with Crippen LogP contribution in [0.4, 0.5) is 0 Å². The van der Waals surface area contributed by atoms with Crippen LogP contribution in [0.15, 0.2) is 24.3 Å². The molecule has 1 heterocycles. The Morgan fingerprint density at radius 2 is 2.12 bits per heavy atom. The van der Waals surface area contributed by atoms with Crippen LogP contribution in [0, 0.1) is 6.92 Å². The van der Waals surface area contributed by atoms with Gasteiger partial charge in [-0.15, -0.1) is 0 Å². The largest absolute Gasteiger partial charge is 0.340 e. The van der Waals surface area contributed by atoms with Gasteiger partial charge in [-0.25, -0.2) is 0 Å². The van der Waals surface area contributed by atoms with Crippen molar-refractivity contribution in [1.29, 1.82) is 0 Å². The van der Waals surface area contributed by atoms with Gasteiger partial charge >= 0.3 is 0 Å². The van der Waals surface area contributed by atoms with Crippen LogP contribution in [0.1, 0.15) is 37.3 Å². The van der Waals surface area contributed by atoms with Gasteiger partial charge in [0.2, 0.25) is 5.91 Å². The number of aryl methyl sites for hydroxylation is 1. The average Bonchev–Trinajstić information content (AvgIpc) is 2.32. The molecule has 1 fully saturated rings. The molecule has 92 valence electrons. The molecular formula is C15H21NO. The Morgan fingerprint density at radius 3 is 2.82 bits per heavy atom. The van der Waals surface area contributed by atoms with Crippen molar-refractivity contribution in [2.45, 2.75) is 45.6 Å². The van der Waals surface area contributed by atoms with Crippen molar-refractivity contribution < 1.29 is 4.79 Å². The number of rotatable bonds is 2. The van der Waals surface area contributed by atoms with Crippen molar-refractivity contribution in [3.8, 4) is 0 Å². The minimum atomic E-state index is 0.284. The lowest BCUT2D eigenvalue weighted by atomic mass is 10.0. The quantitative estimate of drug-likeness (QED) is 0.766. The zero-order valence-electron chi connectivity index (χ0n) is 10.8. The van der Waals surface area contributed by atoms with E-state index >= 15 is 0 Å². The summed E-state index contributed by atoms with van der Waals surface area (Å²) in [5, 5.41) is 0. The van der Waals surface area contributed by atoms with Crippen LogP contribution in [0.5, 0.6) is 0 Å². The number of hydrogen-bond acceptors (Lipinski definition) is 1. The highest BCUT2D eigenvalue weighted by Gasteiger charge is 2.23. The molecule has 1 amide bonds. The lowest BCUT2D eigenvalue weighted by Gasteiger charge is -2.33. The first kappa shape index (κ1) is 12.2. The molecule has 0 spiro atoms. The van der Waals surface area contributed by atoms with E-state index in [1.54, 1.807) is 0 Å². The van der Waals surface area contributed by atoms with Gasteiger partial charge in [-0.05, 0) is 44.2 Å². The van der Waals surface area contributed by atoms with Gasteiger partial charge in [-0.2, -0.15) is 0 Å². The third kappa shape index (κ3) is 2.87. The molecule has 0 aliphatic carbocycles. The van der Waals surface area contributed by atoms with Gasteiger partial charge in [0.25, 0.3) is 0 Å². The Labute approximate surface area is 104 Å². The second-order valence-electron chi connectivity index (χ2n) is 5.04. The second-order valence-corrected chi connectivity index (χ2v) is 5.04. The van der Waals surface area contributed by atoms with Crippen molar-refractivity contribution in [1.82, 2.24) is 4.90 Å². The molecular weight excluding hydrogens is 210 g/mol. The molecule has 1 aromatic carbocycles.